The van der Waals surface area contributed by atoms with Crippen molar-refractivity contribution in [1.29, 1.82) is 0 Å². The average molecular weight is 650 g/mol. The number of piperazine rings is 1. The fourth-order valence-electron chi connectivity index (χ4n) is 8.02. The van der Waals surface area contributed by atoms with Crippen LogP contribution in [0, 0.1) is 5.82 Å². The molecular weight excluding hydrogens is 601 g/mol. The Kier molecular flexibility index (Phi) is 8.53. The topological polar surface area (TPSA) is 108 Å². The number of carbonyl (C=O) groups is 1. The lowest BCUT2D eigenvalue weighted by Gasteiger charge is -2.44. The molecule has 3 fully saturated rings. The predicted molar refractivity (Wildman–Crippen MR) is 178 cm³/mol. The van der Waals surface area contributed by atoms with Gasteiger partial charge in [0.1, 0.15) is 5.82 Å². The number of pyridine rings is 1. The molecule has 0 bridgehead atoms. The number of hydrogen-bond donors (Lipinski definition) is 2. The largest absolute Gasteiger partial charge is 0.389 e. The number of aliphatic hydroxyl groups is 1. The number of carbonyl (C=O) groups excluding carboxylic acids is 1. The molecule has 12 heteroatoms. The van der Waals surface area contributed by atoms with Gasteiger partial charge < -0.3 is 20.1 Å². The van der Waals surface area contributed by atoms with Crippen LogP contribution >= 0.6 is 0 Å². The van der Waals surface area contributed by atoms with Crippen LogP contribution in [0.5, 0.6) is 0 Å². The number of amides is 1. The number of nitrogens with zero attached hydrogens (tertiary/aromatic N) is 6. The molecule has 1 amide bonds. The first-order chi connectivity index (χ1) is 22.4. The van der Waals surface area contributed by atoms with Gasteiger partial charge in [0.05, 0.1) is 43.3 Å². The highest BCUT2D eigenvalue weighted by Gasteiger charge is 2.51. The van der Waals surface area contributed by atoms with Gasteiger partial charge in [-0.25, -0.2) is 18.3 Å². The standard InChI is InChI=1S/C35H48FN7O4/c1-23-17-40(28(16-37-23)18-39-12-13-47-20-24(39)2)19-30(44)41-22-35(10-5-11-35)31-29(41)15-26(14-25-6-8-27(36)9-7-25)32-38-42(21-34(3,4)46)33(45)43(31)32/h6-9,15,23-24,28,37,46H,5,10-14,16-22H2,1-4H3/t23-,24-,28-/m1/s1. The van der Waals surface area contributed by atoms with Gasteiger partial charge in [0.25, 0.3) is 0 Å². The van der Waals surface area contributed by atoms with Crippen LogP contribution in [0.3, 0.4) is 0 Å². The second-order valence-corrected chi connectivity index (χ2v) is 15.0. The molecule has 1 saturated carbocycles. The van der Waals surface area contributed by atoms with Crippen LogP contribution in [0.1, 0.15) is 63.8 Å². The summed E-state index contributed by atoms with van der Waals surface area (Å²) in [7, 11) is 0. The second kappa shape index (κ2) is 12.4. The minimum atomic E-state index is -1.14. The van der Waals surface area contributed by atoms with E-state index in [1.807, 2.05) is 11.0 Å². The van der Waals surface area contributed by atoms with Gasteiger partial charge in [-0.05, 0) is 64.3 Å². The van der Waals surface area contributed by atoms with Crippen molar-refractivity contribution in [2.45, 2.75) is 89.1 Å². The highest BCUT2D eigenvalue weighted by molar-refractivity contribution is 5.98. The van der Waals surface area contributed by atoms with Crippen LogP contribution in [-0.2, 0) is 27.9 Å². The van der Waals surface area contributed by atoms with Crippen LogP contribution in [0.15, 0.2) is 35.1 Å². The van der Waals surface area contributed by atoms with Gasteiger partial charge in [-0.2, -0.15) is 0 Å². The quantitative estimate of drug-likeness (QED) is 0.383. The minimum absolute atomic E-state index is 0.0353. The third kappa shape index (κ3) is 6.26. The van der Waals surface area contributed by atoms with Crippen molar-refractivity contribution < 1.29 is 19.0 Å². The molecule has 3 aromatic rings. The van der Waals surface area contributed by atoms with Crippen molar-refractivity contribution >= 4 is 17.2 Å². The lowest BCUT2D eigenvalue weighted by molar-refractivity contribution is -0.121. The maximum atomic E-state index is 14.5. The molecule has 2 aromatic heterocycles. The number of halogens is 1. The summed E-state index contributed by atoms with van der Waals surface area (Å²) >= 11 is 0. The maximum absolute atomic E-state index is 14.5. The molecule has 1 aromatic carbocycles. The molecule has 3 atom stereocenters. The van der Waals surface area contributed by atoms with Crippen LogP contribution < -0.4 is 15.9 Å². The molecule has 5 heterocycles. The van der Waals surface area contributed by atoms with Crippen molar-refractivity contribution in [2.75, 3.05) is 57.4 Å². The Morgan fingerprint density at radius 1 is 1.19 bits per heavy atom. The third-order valence-corrected chi connectivity index (χ3v) is 10.6. The normalized spacial score (nSPS) is 25.0. The summed E-state index contributed by atoms with van der Waals surface area (Å²) in [6, 6.07) is 9.17. The lowest BCUT2D eigenvalue weighted by atomic mass is 9.67. The van der Waals surface area contributed by atoms with E-state index in [-0.39, 0.29) is 41.5 Å². The Morgan fingerprint density at radius 2 is 1.96 bits per heavy atom. The van der Waals surface area contributed by atoms with Gasteiger partial charge in [-0.3, -0.25) is 14.6 Å². The highest BCUT2D eigenvalue weighted by atomic mass is 19.1. The molecule has 7 rings (SSSR count). The summed E-state index contributed by atoms with van der Waals surface area (Å²) in [6.07, 6.45) is 3.23. The first-order valence-corrected chi connectivity index (χ1v) is 17.1. The SMILES string of the molecule is C[C@@H]1CN(CC(=O)N2CC3(CCC3)c3c2cc(Cc2ccc(F)cc2)c2nn(CC(C)(C)O)c(=O)n32)[C@@H](CN2CCOC[C@H]2C)CN1. The zero-order valence-corrected chi connectivity index (χ0v) is 28.0. The van der Waals surface area contributed by atoms with Gasteiger partial charge in [0.2, 0.25) is 5.91 Å². The zero-order chi connectivity index (χ0) is 33.1. The zero-order valence-electron chi connectivity index (χ0n) is 28.0. The maximum Gasteiger partial charge on any atom is 0.350 e. The first kappa shape index (κ1) is 32.4. The third-order valence-electron chi connectivity index (χ3n) is 10.6. The fraction of sp³-hybridized carbons (Fsp3) is 0.629. The van der Waals surface area contributed by atoms with Crippen LogP contribution in [0.2, 0.25) is 0 Å². The van der Waals surface area contributed by atoms with Gasteiger partial charge in [0, 0.05) is 68.2 Å². The van der Waals surface area contributed by atoms with Gasteiger partial charge in [-0.15, -0.1) is 5.10 Å². The number of ether oxygens (including phenoxy) is 1. The van der Waals surface area contributed by atoms with E-state index in [2.05, 4.69) is 29.0 Å². The highest BCUT2D eigenvalue weighted by Crippen LogP contribution is 2.53. The number of benzene rings is 1. The Hall–Kier alpha value is -3.16. The summed E-state index contributed by atoms with van der Waals surface area (Å²) in [5.74, 6) is -0.279. The van der Waals surface area contributed by atoms with E-state index in [0.717, 1.165) is 81.2 Å². The molecule has 1 spiro atoms. The minimum Gasteiger partial charge on any atom is -0.389 e. The molecule has 11 nitrogen and oxygen atoms in total. The van der Waals surface area contributed by atoms with Gasteiger partial charge >= 0.3 is 5.69 Å². The van der Waals surface area contributed by atoms with E-state index in [1.165, 1.54) is 16.8 Å². The molecule has 0 unspecified atom stereocenters. The van der Waals surface area contributed by atoms with Crippen molar-refractivity contribution in [2.24, 2.45) is 0 Å². The molecule has 4 aliphatic rings. The summed E-state index contributed by atoms with van der Waals surface area (Å²) in [5, 5.41) is 19.0. The average Bonchev–Trinajstić information content (AvgIpc) is 3.51. The number of anilines is 1. The Balaban J connectivity index is 1.26. The second-order valence-electron chi connectivity index (χ2n) is 15.0. The number of fused-ring (bicyclic) bond motifs is 4. The molecule has 2 N–H and O–H groups in total. The van der Waals surface area contributed by atoms with Crippen LogP contribution in [0.25, 0.3) is 5.65 Å². The smallest absolute Gasteiger partial charge is 0.350 e. The Morgan fingerprint density at radius 3 is 2.64 bits per heavy atom. The lowest BCUT2D eigenvalue weighted by Crippen LogP contribution is -2.62. The van der Waals surface area contributed by atoms with Gasteiger partial charge in [-0.1, -0.05) is 18.6 Å². The number of nitrogens with one attached hydrogen (secondary N) is 1. The molecule has 2 saturated heterocycles. The Labute approximate surface area is 275 Å². The fourth-order valence-corrected chi connectivity index (χ4v) is 8.02. The molecule has 47 heavy (non-hydrogen) atoms. The monoisotopic (exact) mass is 649 g/mol. The van der Waals surface area contributed by atoms with Crippen LogP contribution in [-0.4, -0.2) is 111 Å². The van der Waals surface area contributed by atoms with E-state index in [1.54, 1.807) is 30.4 Å². The summed E-state index contributed by atoms with van der Waals surface area (Å²) in [4.78, 5) is 35.3. The predicted octanol–water partition coefficient (Wildman–Crippen LogP) is 2.15. The summed E-state index contributed by atoms with van der Waals surface area (Å²) < 4.78 is 22.5. The van der Waals surface area contributed by atoms with E-state index in [4.69, 9.17) is 9.84 Å². The van der Waals surface area contributed by atoms with Crippen molar-refractivity contribution in [3.63, 3.8) is 0 Å². The van der Waals surface area contributed by atoms with Crippen molar-refractivity contribution in [1.82, 2.24) is 29.3 Å². The summed E-state index contributed by atoms with van der Waals surface area (Å²) in [5.41, 5.74) is 2.04. The molecule has 254 valence electrons. The number of hydrogen-bond acceptors (Lipinski definition) is 8. The van der Waals surface area contributed by atoms with Gasteiger partial charge in [0.15, 0.2) is 5.65 Å². The molecule has 1 aliphatic carbocycles. The molecule has 3 aliphatic heterocycles. The Bertz CT molecular complexity index is 1690. The van der Waals surface area contributed by atoms with E-state index < -0.39 is 5.60 Å². The van der Waals surface area contributed by atoms with Crippen molar-refractivity contribution in [3.05, 3.63) is 63.5 Å². The number of morpholine rings is 1. The van der Waals surface area contributed by atoms with E-state index >= 15 is 0 Å². The number of aromatic nitrogens is 3. The summed E-state index contributed by atoms with van der Waals surface area (Å²) in [6.45, 7) is 13.4. The van der Waals surface area contributed by atoms with E-state index in [0.29, 0.717) is 31.2 Å². The van der Waals surface area contributed by atoms with Crippen molar-refractivity contribution in [3.8, 4) is 0 Å². The molecule has 0 radical (unpaired) electrons. The molecular formula is C35H48FN7O4. The number of rotatable bonds is 8. The van der Waals surface area contributed by atoms with E-state index in [9.17, 15) is 19.1 Å². The van der Waals surface area contributed by atoms with Crippen LogP contribution in [0.4, 0.5) is 10.1 Å². The first-order valence-electron chi connectivity index (χ1n) is 17.1.